The van der Waals surface area contributed by atoms with Crippen molar-refractivity contribution in [1.82, 2.24) is 14.6 Å². The number of aromatic nitrogens is 3. The Kier molecular flexibility index (Phi) is 3.22. The van der Waals surface area contributed by atoms with Gasteiger partial charge >= 0.3 is 0 Å². The number of benzene rings is 1. The van der Waals surface area contributed by atoms with E-state index in [1.807, 2.05) is 31.4 Å². The lowest BCUT2D eigenvalue weighted by molar-refractivity contribution is 0.606. The van der Waals surface area contributed by atoms with Crippen molar-refractivity contribution in [2.24, 2.45) is 0 Å². The predicted molar refractivity (Wildman–Crippen MR) is 84.2 cm³/mol. The Morgan fingerprint density at radius 3 is 2.71 bits per heavy atom. The van der Waals surface area contributed by atoms with Crippen molar-refractivity contribution < 1.29 is 8.42 Å². The third kappa shape index (κ3) is 2.77. The Morgan fingerprint density at radius 1 is 1.29 bits per heavy atom. The molecule has 0 fully saturated rings. The SMILES string of the molecule is Cc1ccc(-c2csc3nc(NS(C)(=O)=O)nn23)c(C)c1. The van der Waals surface area contributed by atoms with Crippen LogP contribution in [-0.2, 0) is 10.0 Å². The van der Waals surface area contributed by atoms with Gasteiger partial charge in [-0.05, 0) is 19.4 Å². The summed E-state index contributed by atoms with van der Waals surface area (Å²) in [5.41, 5.74) is 4.30. The largest absolute Gasteiger partial charge is 0.257 e. The Bertz CT molecular complexity index is 925. The molecule has 0 amide bonds. The summed E-state index contributed by atoms with van der Waals surface area (Å²) < 4.78 is 26.5. The van der Waals surface area contributed by atoms with E-state index in [4.69, 9.17) is 0 Å². The summed E-state index contributed by atoms with van der Waals surface area (Å²) in [4.78, 5) is 4.82. The van der Waals surface area contributed by atoms with Crippen LogP contribution >= 0.6 is 11.3 Å². The third-order valence-corrected chi connectivity index (χ3v) is 4.39. The molecule has 0 radical (unpaired) electrons. The van der Waals surface area contributed by atoms with E-state index in [0.29, 0.717) is 4.96 Å². The number of nitrogens with one attached hydrogen (secondary N) is 1. The maximum absolute atomic E-state index is 11.2. The average molecular weight is 322 g/mol. The number of fused-ring (bicyclic) bond motifs is 1. The molecule has 1 N–H and O–H groups in total. The molecule has 3 rings (SSSR count). The normalized spacial score (nSPS) is 12.0. The van der Waals surface area contributed by atoms with E-state index in [2.05, 4.69) is 20.9 Å². The average Bonchev–Trinajstić information content (AvgIpc) is 2.87. The Labute approximate surface area is 126 Å². The van der Waals surface area contributed by atoms with Gasteiger partial charge in [0.2, 0.25) is 15.0 Å². The molecule has 0 saturated carbocycles. The van der Waals surface area contributed by atoms with Crippen LogP contribution in [0.4, 0.5) is 5.95 Å². The van der Waals surface area contributed by atoms with Crippen molar-refractivity contribution in [3.05, 3.63) is 34.7 Å². The van der Waals surface area contributed by atoms with Crippen molar-refractivity contribution in [2.75, 3.05) is 11.0 Å². The molecule has 0 unspecified atom stereocenters. The molecule has 21 heavy (non-hydrogen) atoms. The van der Waals surface area contributed by atoms with E-state index in [9.17, 15) is 8.42 Å². The summed E-state index contributed by atoms with van der Waals surface area (Å²) in [6, 6.07) is 6.18. The van der Waals surface area contributed by atoms with Gasteiger partial charge < -0.3 is 0 Å². The molecule has 2 aromatic heterocycles. The molecule has 110 valence electrons. The second-order valence-electron chi connectivity index (χ2n) is 4.94. The first-order chi connectivity index (χ1) is 9.83. The molecular formula is C13H14N4O2S2. The fourth-order valence-electron chi connectivity index (χ4n) is 2.18. The predicted octanol–water partition coefficient (Wildman–Crippen LogP) is 2.45. The first-order valence-corrected chi connectivity index (χ1v) is 9.00. The summed E-state index contributed by atoms with van der Waals surface area (Å²) >= 11 is 1.42. The Hall–Kier alpha value is -1.93. The molecule has 0 saturated heterocycles. The minimum Gasteiger partial charge on any atom is -0.250 e. The van der Waals surface area contributed by atoms with Gasteiger partial charge in [0.15, 0.2) is 0 Å². The number of aryl methyl sites for hydroxylation is 2. The number of nitrogens with zero attached hydrogens (tertiary/aromatic N) is 3. The molecule has 0 spiro atoms. The summed E-state index contributed by atoms with van der Waals surface area (Å²) in [5.74, 6) is 0.0929. The van der Waals surface area contributed by atoms with Gasteiger partial charge in [0.25, 0.3) is 5.95 Å². The lowest BCUT2D eigenvalue weighted by Gasteiger charge is -2.05. The third-order valence-electron chi connectivity index (χ3n) is 3.02. The van der Waals surface area contributed by atoms with Crippen LogP contribution in [0.1, 0.15) is 11.1 Å². The number of hydrogen-bond acceptors (Lipinski definition) is 5. The fraction of sp³-hybridized carbons (Fsp3) is 0.231. The Balaban J connectivity index is 2.11. The highest BCUT2D eigenvalue weighted by Crippen LogP contribution is 2.28. The summed E-state index contributed by atoms with van der Waals surface area (Å²) in [5, 5.41) is 6.19. The van der Waals surface area contributed by atoms with E-state index in [-0.39, 0.29) is 5.95 Å². The number of thiazole rings is 1. The van der Waals surface area contributed by atoms with Crippen LogP contribution in [0, 0.1) is 13.8 Å². The molecule has 2 heterocycles. The van der Waals surface area contributed by atoms with Crippen molar-refractivity contribution in [2.45, 2.75) is 13.8 Å². The van der Waals surface area contributed by atoms with Crippen molar-refractivity contribution in [1.29, 1.82) is 0 Å². The second kappa shape index (κ2) is 4.81. The van der Waals surface area contributed by atoms with Crippen LogP contribution in [0.15, 0.2) is 23.6 Å². The van der Waals surface area contributed by atoms with E-state index < -0.39 is 10.0 Å². The van der Waals surface area contributed by atoms with E-state index in [1.165, 1.54) is 16.9 Å². The summed E-state index contributed by atoms with van der Waals surface area (Å²) in [7, 11) is -3.38. The zero-order valence-corrected chi connectivity index (χ0v) is 13.4. The highest BCUT2D eigenvalue weighted by atomic mass is 32.2. The number of rotatable bonds is 3. The van der Waals surface area contributed by atoms with E-state index in [0.717, 1.165) is 23.1 Å². The maximum Gasteiger partial charge on any atom is 0.257 e. The van der Waals surface area contributed by atoms with Gasteiger partial charge in [-0.25, -0.2) is 12.9 Å². The van der Waals surface area contributed by atoms with Gasteiger partial charge in [0.1, 0.15) is 0 Å². The van der Waals surface area contributed by atoms with Gasteiger partial charge in [-0.1, -0.05) is 23.8 Å². The highest BCUT2D eigenvalue weighted by Gasteiger charge is 2.14. The van der Waals surface area contributed by atoms with Gasteiger partial charge in [-0.3, -0.25) is 4.72 Å². The zero-order valence-electron chi connectivity index (χ0n) is 11.8. The molecule has 8 heteroatoms. The molecule has 3 aromatic rings. The number of anilines is 1. The molecule has 1 aromatic carbocycles. The minimum atomic E-state index is -3.38. The van der Waals surface area contributed by atoms with Gasteiger partial charge in [-0.15, -0.1) is 16.4 Å². The van der Waals surface area contributed by atoms with Crippen LogP contribution in [0.5, 0.6) is 0 Å². The van der Waals surface area contributed by atoms with Crippen molar-refractivity contribution >= 4 is 32.3 Å². The molecule has 0 aliphatic heterocycles. The van der Waals surface area contributed by atoms with Crippen LogP contribution < -0.4 is 4.72 Å². The van der Waals surface area contributed by atoms with Gasteiger partial charge in [0.05, 0.1) is 11.9 Å². The first kappa shape index (κ1) is 14.0. The van der Waals surface area contributed by atoms with Crippen molar-refractivity contribution in [3.63, 3.8) is 0 Å². The molecule has 0 atom stereocenters. The topological polar surface area (TPSA) is 76.4 Å². The molecular weight excluding hydrogens is 308 g/mol. The standard InChI is InChI=1S/C13H14N4O2S2/c1-8-4-5-10(9(2)6-8)11-7-20-13-14-12(15-17(11)13)16-21(3,18)19/h4-7H,1-3H3,(H,15,16). The number of hydrogen-bond donors (Lipinski definition) is 1. The van der Waals surface area contributed by atoms with Crippen LogP contribution in [0.25, 0.3) is 16.2 Å². The molecule has 6 nitrogen and oxygen atoms in total. The lowest BCUT2D eigenvalue weighted by atomic mass is 10.0. The smallest absolute Gasteiger partial charge is 0.250 e. The fourth-order valence-corrected chi connectivity index (χ4v) is 3.42. The number of sulfonamides is 1. The maximum atomic E-state index is 11.2. The summed E-state index contributed by atoms with van der Waals surface area (Å²) in [6.07, 6.45) is 1.08. The zero-order chi connectivity index (χ0) is 15.2. The van der Waals surface area contributed by atoms with Crippen LogP contribution in [-0.4, -0.2) is 29.3 Å². The molecule has 0 bridgehead atoms. The van der Waals surface area contributed by atoms with Crippen molar-refractivity contribution in [3.8, 4) is 11.3 Å². The van der Waals surface area contributed by atoms with Crippen LogP contribution in [0.2, 0.25) is 0 Å². The summed E-state index contributed by atoms with van der Waals surface area (Å²) in [6.45, 7) is 4.09. The van der Waals surface area contributed by atoms with E-state index in [1.54, 1.807) is 4.52 Å². The monoisotopic (exact) mass is 322 g/mol. The van der Waals surface area contributed by atoms with Gasteiger partial charge in [-0.2, -0.15) is 4.98 Å². The quantitative estimate of drug-likeness (QED) is 0.803. The second-order valence-corrected chi connectivity index (χ2v) is 7.53. The van der Waals surface area contributed by atoms with E-state index >= 15 is 0 Å². The lowest BCUT2D eigenvalue weighted by Crippen LogP contribution is -2.10. The molecule has 0 aliphatic carbocycles. The molecule has 0 aliphatic rings. The highest BCUT2D eigenvalue weighted by molar-refractivity contribution is 7.91. The first-order valence-electron chi connectivity index (χ1n) is 6.23. The minimum absolute atomic E-state index is 0.0929. The van der Waals surface area contributed by atoms with Crippen LogP contribution in [0.3, 0.4) is 0 Å². The van der Waals surface area contributed by atoms with Gasteiger partial charge in [0, 0.05) is 10.9 Å². The Morgan fingerprint density at radius 2 is 2.05 bits per heavy atom.